The highest BCUT2D eigenvalue weighted by Crippen LogP contribution is 2.56. The summed E-state index contributed by atoms with van der Waals surface area (Å²) in [5, 5.41) is 13.9. The van der Waals surface area contributed by atoms with Crippen LogP contribution in [0, 0.1) is 17.8 Å². The van der Waals surface area contributed by atoms with Gasteiger partial charge in [-0.1, -0.05) is 29.8 Å². The van der Waals surface area contributed by atoms with Gasteiger partial charge in [0.2, 0.25) is 17.6 Å². The van der Waals surface area contributed by atoms with Crippen LogP contribution in [0.2, 0.25) is 0 Å². The first-order valence-electron chi connectivity index (χ1n) is 14.9. The predicted octanol–water partition coefficient (Wildman–Crippen LogP) is 6.12. The van der Waals surface area contributed by atoms with E-state index in [-0.39, 0.29) is 51.5 Å². The van der Waals surface area contributed by atoms with Crippen molar-refractivity contribution in [3.63, 3.8) is 0 Å². The summed E-state index contributed by atoms with van der Waals surface area (Å²) in [6.45, 7) is 0. The molecule has 46 heavy (non-hydrogen) atoms. The normalized spacial score (nSPS) is 23.8. The van der Waals surface area contributed by atoms with Crippen LogP contribution in [0.4, 0.5) is 17.1 Å². The lowest BCUT2D eigenvalue weighted by atomic mass is 9.59. The van der Waals surface area contributed by atoms with Crippen LogP contribution < -0.4 is 19.7 Å². The fraction of sp³-hybridized carbons (Fsp3) is 0.222. The third kappa shape index (κ3) is 4.67. The van der Waals surface area contributed by atoms with Crippen molar-refractivity contribution < 1.29 is 33.8 Å². The minimum Gasteiger partial charge on any atom is -0.502 e. The predicted molar refractivity (Wildman–Crippen MR) is 174 cm³/mol. The van der Waals surface area contributed by atoms with Crippen LogP contribution in [0.5, 0.6) is 17.2 Å². The zero-order valence-corrected chi connectivity index (χ0v) is 26.5. The van der Waals surface area contributed by atoms with Gasteiger partial charge in [-0.25, -0.2) is 0 Å². The molecule has 3 aromatic rings. The van der Waals surface area contributed by atoms with Crippen LogP contribution in [0.15, 0.2) is 100 Å². The maximum absolute atomic E-state index is 14.2. The van der Waals surface area contributed by atoms with Crippen LogP contribution in [0.1, 0.15) is 24.3 Å². The van der Waals surface area contributed by atoms with E-state index in [1.54, 1.807) is 24.3 Å². The zero-order valence-electron chi connectivity index (χ0n) is 25.0. The number of carbonyl (C=O) groups excluding carboxylic acids is 4. The van der Waals surface area contributed by atoms with E-state index in [0.717, 1.165) is 16.9 Å². The Labute approximate surface area is 273 Å². The molecular weight excluding hydrogens is 652 g/mol. The van der Waals surface area contributed by atoms with Gasteiger partial charge in [0.05, 0.1) is 36.2 Å². The largest absolute Gasteiger partial charge is 0.502 e. The van der Waals surface area contributed by atoms with Crippen molar-refractivity contribution in [1.29, 1.82) is 0 Å². The molecule has 0 spiro atoms. The summed E-state index contributed by atoms with van der Waals surface area (Å²) in [4.78, 5) is 56.5. The second kappa shape index (κ2) is 11.4. The molecule has 1 saturated heterocycles. The number of ketones is 2. The molecule has 2 amide bonds. The molecule has 9 nitrogen and oxygen atoms in total. The first-order chi connectivity index (χ1) is 22.2. The number of carbonyl (C=O) groups is 4. The van der Waals surface area contributed by atoms with E-state index in [2.05, 4.69) is 21.2 Å². The number of phenols is 1. The number of amides is 2. The number of methoxy groups -OCH3 is 2. The third-order valence-corrected chi connectivity index (χ3v) is 9.94. The smallest absolute Gasteiger partial charge is 0.238 e. The van der Waals surface area contributed by atoms with Gasteiger partial charge in [-0.15, -0.1) is 0 Å². The van der Waals surface area contributed by atoms with Crippen molar-refractivity contribution in [3.8, 4) is 17.2 Å². The van der Waals surface area contributed by atoms with Crippen molar-refractivity contribution in [2.75, 3.05) is 24.4 Å². The van der Waals surface area contributed by atoms with E-state index in [1.807, 2.05) is 48.5 Å². The topological polar surface area (TPSA) is 122 Å². The van der Waals surface area contributed by atoms with Gasteiger partial charge in [0, 0.05) is 34.5 Å². The SMILES string of the molecule is COc1cc([C@H]2C3=CC[C@@H]4C(=O)N(c5ccc(Nc6ccccc6)cc5)C(=O)[C@@H]4[C@@H]3CC3=C2C(=O)C=C(Br)C3=O)cc(OC)c1O. The van der Waals surface area contributed by atoms with Gasteiger partial charge in [0.25, 0.3) is 0 Å². The summed E-state index contributed by atoms with van der Waals surface area (Å²) < 4.78 is 11.0. The fourth-order valence-corrected chi connectivity index (χ4v) is 7.75. The fourth-order valence-electron chi connectivity index (χ4n) is 7.30. The molecule has 4 atom stereocenters. The molecule has 0 saturated carbocycles. The summed E-state index contributed by atoms with van der Waals surface area (Å²) in [6, 6.07) is 20.0. The Morgan fingerprint density at radius 1 is 0.870 bits per heavy atom. The molecule has 0 radical (unpaired) electrons. The van der Waals surface area contributed by atoms with E-state index < -0.39 is 23.7 Å². The first-order valence-corrected chi connectivity index (χ1v) is 15.6. The van der Waals surface area contributed by atoms with Crippen molar-refractivity contribution in [3.05, 3.63) is 106 Å². The number of hydrogen-bond donors (Lipinski definition) is 2. The van der Waals surface area contributed by atoms with E-state index in [0.29, 0.717) is 28.8 Å². The lowest BCUT2D eigenvalue weighted by Crippen LogP contribution is -2.39. The first kappa shape index (κ1) is 29.7. The van der Waals surface area contributed by atoms with Gasteiger partial charge in [-0.05, 0) is 88.8 Å². The van der Waals surface area contributed by atoms with Crippen LogP contribution in [0.25, 0.3) is 0 Å². The quantitative estimate of drug-likeness (QED) is 0.181. The Kier molecular flexibility index (Phi) is 7.39. The number of Topliss-reactive ketones (excluding diaryl/α,β-unsaturated/α-hetero) is 1. The Morgan fingerprint density at radius 2 is 1.52 bits per heavy atom. The number of nitrogens with zero attached hydrogens (tertiary/aromatic N) is 1. The number of nitrogens with one attached hydrogen (secondary N) is 1. The summed E-state index contributed by atoms with van der Waals surface area (Å²) in [5.41, 5.74) is 4.18. The molecule has 10 heteroatoms. The van der Waals surface area contributed by atoms with E-state index in [9.17, 15) is 24.3 Å². The Bertz CT molecular complexity index is 1890. The molecule has 0 unspecified atom stereocenters. The Balaban J connectivity index is 1.28. The second-order valence-electron chi connectivity index (χ2n) is 11.7. The van der Waals surface area contributed by atoms with Crippen LogP contribution in [-0.2, 0) is 19.2 Å². The molecule has 4 aliphatic rings. The average Bonchev–Trinajstić information content (AvgIpc) is 3.33. The summed E-state index contributed by atoms with van der Waals surface area (Å²) >= 11 is 3.25. The lowest BCUT2D eigenvalue weighted by Gasteiger charge is -2.42. The molecule has 1 aliphatic heterocycles. The minimum atomic E-state index is -0.723. The van der Waals surface area contributed by atoms with Gasteiger partial charge in [-0.3, -0.25) is 24.1 Å². The number of phenolic OH excluding ortho intramolecular Hbond substituents is 1. The number of ether oxygens (including phenoxy) is 2. The molecule has 3 aromatic carbocycles. The number of hydrogen-bond acceptors (Lipinski definition) is 8. The highest BCUT2D eigenvalue weighted by Gasteiger charge is 2.56. The standard InChI is InChI=1S/C36H29BrN2O7/c1-45-28-14-18(15-29(46-2)34(28)42)30-22-12-13-23-31(24(22)16-25-32(30)27(40)17-26(37)33(25)41)36(44)39(35(23)43)21-10-8-20(9-11-21)38-19-6-4-3-5-7-19/h3-12,14-15,17,23-24,30-31,38,42H,13,16H2,1-2H3/t23-,24+,30-,31-/m0/s1. The van der Waals surface area contributed by atoms with Crippen LogP contribution in [-0.4, -0.2) is 42.7 Å². The molecule has 1 fully saturated rings. The Hall–Kier alpha value is -4.96. The van der Waals surface area contributed by atoms with Crippen molar-refractivity contribution >= 4 is 56.4 Å². The number of imide groups is 1. The van der Waals surface area contributed by atoms with E-state index >= 15 is 0 Å². The number of aromatic hydroxyl groups is 1. The van der Waals surface area contributed by atoms with Gasteiger partial charge >= 0.3 is 0 Å². The van der Waals surface area contributed by atoms with Crippen molar-refractivity contribution in [2.45, 2.75) is 18.8 Å². The number of allylic oxidation sites excluding steroid dienone is 6. The summed E-state index contributed by atoms with van der Waals surface area (Å²) in [6.07, 6.45) is 3.67. The van der Waals surface area contributed by atoms with Crippen LogP contribution >= 0.6 is 15.9 Å². The van der Waals surface area contributed by atoms with E-state index in [4.69, 9.17) is 9.47 Å². The zero-order chi connectivity index (χ0) is 32.3. The number of para-hydroxylation sites is 1. The molecular formula is C36H29BrN2O7. The molecule has 0 aromatic heterocycles. The number of anilines is 3. The van der Waals surface area contributed by atoms with Gasteiger partial charge in [0.15, 0.2) is 23.1 Å². The summed E-state index contributed by atoms with van der Waals surface area (Å²) in [5.74, 6) is -3.73. The maximum atomic E-state index is 14.2. The number of fused-ring (bicyclic) bond motifs is 3. The number of benzene rings is 3. The molecule has 3 aliphatic carbocycles. The highest BCUT2D eigenvalue weighted by molar-refractivity contribution is 9.12. The molecule has 7 rings (SSSR count). The molecule has 2 N–H and O–H groups in total. The molecule has 1 heterocycles. The summed E-state index contributed by atoms with van der Waals surface area (Å²) in [7, 11) is 2.82. The van der Waals surface area contributed by atoms with Crippen molar-refractivity contribution in [1.82, 2.24) is 0 Å². The molecule has 232 valence electrons. The minimum absolute atomic E-state index is 0.141. The lowest BCUT2D eigenvalue weighted by molar-refractivity contribution is -0.123. The number of rotatable bonds is 6. The van der Waals surface area contributed by atoms with Gasteiger partial charge in [-0.2, -0.15) is 0 Å². The van der Waals surface area contributed by atoms with Gasteiger partial charge < -0.3 is 19.9 Å². The Morgan fingerprint density at radius 3 is 2.17 bits per heavy atom. The highest BCUT2D eigenvalue weighted by atomic mass is 79.9. The monoisotopic (exact) mass is 680 g/mol. The number of halogens is 1. The second-order valence-corrected chi connectivity index (χ2v) is 12.6. The maximum Gasteiger partial charge on any atom is 0.238 e. The van der Waals surface area contributed by atoms with E-state index in [1.165, 1.54) is 25.2 Å². The van der Waals surface area contributed by atoms with Crippen LogP contribution in [0.3, 0.4) is 0 Å². The molecule has 0 bridgehead atoms. The van der Waals surface area contributed by atoms with Crippen molar-refractivity contribution in [2.24, 2.45) is 17.8 Å². The van der Waals surface area contributed by atoms with Gasteiger partial charge in [0.1, 0.15) is 0 Å². The third-order valence-electron chi connectivity index (χ3n) is 9.35. The average molecular weight is 682 g/mol.